The Balaban J connectivity index is 3.87. The van der Waals surface area contributed by atoms with Crippen LogP contribution in [0.3, 0.4) is 0 Å². The number of esters is 1. The quantitative estimate of drug-likeness (QED) is 0.0200. The Kier molecular flexibility index (Phi) is 44.2. The second kappa shape index (κ2) is 46.4. The van der Waals surface area contributed by atoms with E-state index in [0.717, 1.165) is 96.3 Å². The van der Waals surface area contributed by atoms with Crippen LogP contribution in [0.15, 0.2) is 72.9 Å². The molecule has 0 fully saturated rings. The van der Waals surface area contributed by atoms with Crippen LogP contribution in [0.1, 0.15) is 206 Å². The number of phosphoric acid groups is 1. The van der Waals surface area contributed by atoms with Crippen molar-refractivity contribution in [2.75, 3.05) is 19.8 Å². The maximum atomic E-state index is 12.3. The van der Waals surface area contributed by atoms with Crippen molar-refractivity contribution in [2.24, 2.45) is 0 Å². The third kappa shape index (κ3) is 45.5. The van der Waals surface area contributed by atoms with E-state index in [1.165, 1.54) is 70.6 Å². The number of amides is 1. The first-order chi connectivity index (χ1) is 31.1. The minimum atomic E-state index is -4.77. The first-order valence-electron chi connectivity index (χ1n) is 25.0. The maximum Gasteiger partial charge on any atom is 0.472 e. The molecule has 0 aliphatic carbocycles. The number of carbonyl (C=O) groups excluding carboxylic acids is 2. The molecule has 0 rings (SSSR count). The lowest BCUT2D eigenvalue weighted by Gasteiger charge is -2.18. The Morgan fingerprint density at radius 3 is 1.38 bits per heavy atom. The maximum absolute atomic E-state index is 12.3. The molecule has 0 saturated heterocycles. The number of allylic oxidation sites excluding steroid dienone is 12. The van der Waals surface area contributed by atoms with Gasteiger partial charge in [0.2, 0.25) is 5.91 Å². The molecule has 368 valence electrons. The van der Waals surface area contributed by atoms with Crippen LogP contribution in [0.5, 0.6) is 0 Å². The van der Waals surface area contributed by atoms with Crippen LogP contribution in [-0.2, 0) is 32.7 Å². The van der Waals surface area contributed by atoms with Crippen LogP contribution in [0.2, 0.25) is 0 Å². The second-order valence-electron chi connectivity index (χ2n) is 16.6. The van der Waals surface area contributed by atoms with Gasteiger partial charge in [-0.15, -0.1) is 0 Å². The fourth-order valence-electron chi connectivity index (χ4n) is 6.63. The number of aliphatic carboxylic acids is 1. The van der Waals surface area contributed by atoms with Crippen LogP contribution < -0.4 is 5.32 Å². The third-order valence-electron chi connectivity index (χ3n) is 10.5. The third-order valence-corrected chi connectivity index (χ3v) is 11.4. The number of carbonyl (C=O) groups is 3. The van der Waals surface area contributed by atoms with E-state index in [-0.39, 0.29) is 12.8 Å². The SMILES string of the molecule is CC/C=C\C/C=C\C/C=C\C/C=C\C/C=C\CCCCCCCCCC(=O)OCC(O)COP(=O)(O)OCC(NC(=O)CCCCCCCCC/C=C\CCCCCCCC)C(=O)O. The minimum absolute atomic E-state index is 0.138. The molecule has 0 aliphatic heterocycles. The van der Waals surface area contributed by atoms with Gasteiger partial charge in [0.1, 0.15) is 12.7 Å². The zero-order valence-corrected chi connectivity index (χ0v) is 41.0. The molecule has 11 nitrogen and oxygen atoms in total. The molecule has 0 heterocycles. The molecular weight excluding hydrogens is 830 g/mol. The van der Waals surface area contributed by atoms with E-state index in [1.807, 2.05) is 0 Å². The number of ether oxygens (including phenoxy) is 1. The highest BCUT2D eigenvalue weighted by Crippen LogP contribution is 2.43. The number of carboxylic acids is 1. The molecule has 0 spiro atoms. The van der Waals surface area contributed by atoms with E-state index in [0.29, 0.717) is 12.8 Å². The number of nitrogens with one attached hydrogen (secondary N) is 1. The molecule has 12 heteroatoms. The first kappa shape index (κ1) is 60.9. The molecule has 0 aromatic carbocycles. The van der Waals surface area contributed by atoms with Crippen molar-refractivity contribution in [3.05, 3.63) is 72.9 Å². The van der Waals surface area contributed by atoms with Gasteiger partial charge in [-0.25, -0.2) is 9.36 Å². The average Bonchev–Trinajstić information content (AvgIpc) is 3.27. The fraction of sp³-hybridized carbons (Fsp3) is 0.712. The van der Waals surface area contributed by atoms with Gasteiger partial charge in [-0.3, -0.25) is 18.6 Å². The highest BCUT2D eigenvalue weighted by atomic mass is 31.2. The smallest absolute Gasteiger partial charge is 0.472 e. The summed E-state index contributed by atoms with van der Waals surface area (Å²) in [5.41, 5.74) is 0. The van der Waals surface area contributed by atoms with Crippen molar-refractivity contribution >= 4 is 25.7 Å². The predicted molar refractivity (Wildman–Crippen MR) is 263 cm³/mol. The number of rotatable bonds is 46. The molecule has 0 aliphatic rings. The van der Waals surface area contributed by atoms with Crippen molar-refractivity contribution in [2.45, 2.75) is 219 Å². The van der Waals surface area contributed by atoms with E-state index in [4.69, 9.17) is 13.8 Å². The first-order valence-corrected chi connectivity index (χ1v) is 26.5. The Morgan fingerprint density at radius 2 is 0.906 bits per heavy atom. The molecule has 0 radical (unpaired) electrons. The lowest BCUT2D eigenvalue weighted by molar-refractivity contribution is -0.147. The minimum Gasteiger partial charge on any atom is -0.480 e. The largest absolute Gasteiger partial charge is 0.480 e. The average molecular weight is 920 g/mol. The molecular formula is C52H90NO10P. The van der Waals surface area contributed by atoms with Gasteiger partial charge in [-0.1, -0.05) is 183 Å². The van der Waals surface area contributed by atoms with Crippen molar-refractivity contribution < 1.29 is 47.8 Å². The highest BCUT2D eigenvalue weighted by Gasteiger charge is 2.28. The predicted octanol–water partition coefficient (Wildman–Crippen LogP) is 13.7. The second-order valence-corrected chi connectivity index (χ2v) is 18.1. The molecule has 0 bridgehead atoms. The summed E-state index contributed by atoms with van der Waals surface area (Å²) in [5.74, 6) is -2.39. The van der Waals surface area contributed by atoms with Gasteiger partial charge in [-0.2, -0.15) is 0 Å². The number of aliphatic hydroxyl groups excluding tert-OH is 1. The van der Waals surface area contributed by atoms with E-state index in [1.54, 1.807) is 0 Å². The van der Waals surface area contributed by atoms with Crippen molar-refractivity contribution in [3.8, 4) is 0 Å². The summed E-state index contributed by atoms with van der Waals surface area (Å²) >= 11 is 0. The molecule has 0 aromatic rings. The fourth-order valence-corrected chi connectivity index (χ4v) is 7.40. The van der Waals surface area contributed by atoms with Gasteiger partial charge in [0.15, 0.2) is 6.04 Å². The van der Waals surface area contributed by atoms with Gasteiger partial charge < -0.3 is 25.2 Å². The molecule has 1 amide bonds. The van der Waals surface area contributed by atoms with E-state index >= 15 is 0 Å². The summed E-state index contributed by atoms with van der Waals surface area (Å²) in [6, 6.07) is -1.55. The van der Waals surface area contributed by atoms with Crippen LogP contribution in [0.25, 0.3) is 0 Å². The Labute approximate surface area is 389 Å². The molecule has 0 aromatic heterocycles. The zero-order valence-electron chi connectivity index (χ0n) is 40.1. The summed E-state index contributed by atoms with van der Waals surface area (Å²) < 4.78 is 26.9. The standard InChI is InChI=1S/C52H90NO10P/c1-3-5-7-9-11-13-15-17-19-21-22-23-24-25-26-28-30-32-34-36-38-40-42-44-51(56)61-45-48(54)46-62-64(59,60)63-47-49(52(57)58)53-50(55)43-41-39-37-35-33-31-29-27-20-18-16-14-12-10-8-6-4-2/h5,7,11,13,17-20,22-23,25-26,48-49,54H,3-4,6,8-10,12,14-16,21,24,27-47H2,1-2H3,(H,53,55)(H,57,58)(H,59,60)/b7-5-,13-11-,19-17-,20-18-,23-22-,26-25-. The Bertz CT molecular complexity index is 1360. The number of carboxylic acid groups (broad SMARTS) is 1. The normalized spacial score (nSPS) is 14.2. The lowest BCUT2D eigenvalue weighted by Crippen LogP contribution is -2.43. The summed E-state index contributed by atoms with van der Waals surface area (Å²) in [4.78, 5) is 46.1. The number of hydrogen-bond acceptors (Lipinski definition) is 8. The summed E-state index contributed by atoms with van der Waals surface area (Å²) in [5, 5.41) is 21.9. The van der Waals surface area contributed by atoms with Crippen molar-refractivity contribution in [3.63, 3.8) is 0 Å². The molecule has 0 saturated carbocycles. The zero-order chi connectivity index (χ0) is 47.0. The Morgan fingerprint density at radius 1 is 0.516 bits per heavy atom. The summed E-state index contributed by atoms with van der Waals surface area (Å²) in [7, 11) is -4.77. The number of hydrogen-bond donors (Lipinski definition) is 4. The summed E-state index contributed by atoms with van der Waals surface area (Å²) in [6.45, 7) is 2.47. The van der Waals surface area contributed by atoms with Gasteiger partial charge in [0.25, 0.3) is 0 Å². The number of aliphatic hydroxyl groups is 1. The van der Waals surface area contributed by atoms with Gasteiger partial charge >= 0.3 is 19.8 Å². The molecule has 3 unspecified atom stereocenters. The van der Waals surface area contributed by atoms with Crippen LogP contribution >= 0.6 is 7.82 Å². The molecule has 3 atom stereocenters. The van der Waals surface area contributed by atoms with Crippen LogP contribution in [0, 0.1) is 0 Å². The number of phosphoric ester groups is 1. The molecule has 4 N–H and O–H groups in total. The van der Waals surface area contributed by atoms with Crippen LogP contribution in [0.4, 0.5) is 0 Å². The van der Waals surface area contributed by atoms with Gasteiger partial charge in [0.05, 0.1) is 13.2 Å². The monoisotopic (exact) mass is 920 g/mol. The van der Waals surface area contributed by atoms with E-state index < -0.39 is 57.6 Å². The van der Waals surface area contributed by atoms with Crippen LogP contribution in [-0.4, -0.2) is 64.9 Å². The van der Waals surface area contributed by atoms with Gasteiger partial charge in [0, 0.05) is 12.8 Å². The Hall–Kier alpha value is -3.08. The summed E-state index contributed by atoms with van der Waals surface area (Å²) in [6.07, 6.45) is 56.3. The highest BCUT2D eigenvalue weighted by molar-refractivity contribution is 7.47. The molecule has 64 heavy (non-hydrogen) atoms. The lowest BCUT2D eigenvalue weighted by atomic mass is 10.1. The van der Waals surface area contributed by atoms with Crippen molar-refractivity contribution in [1.29, 1.82) is 0 Å². The van der Waals surface area contributed by atoms with Crippen molar-refractivity contribution in [1.82, 2.24) is 5.32 Å². The van der Waals surface area contributed by atoms with E-state index in [9.17, 15) is 34.1 Å². The number of unbranched alkanes of at least 4 members (excludes halogenated alkanes) is 20. The topological polar surface area (TPSA) is 169 Å². The van der Waals surface area contributed by atoms with E-state index in [2.05, 4.69) is 92.1 Å². The van der Waals surface area contributed by atoms with Gasteiger partial charge in [-0.05, 0) is 83.5 Å².